The lowest BCUT2D eigenvalue weighted by Gasteiger charge is -2.30. The van der Waals surface area contributed by atoms with Crippen LogP contribution in [-0.4, -0.2) is 83.5 Å². The van der Waals surface area contributed by atoms with Crippen LogP contribution in [0, 0.1) is 11.8 Å². The Hall–Kier alpha value is -5.14. The van der Waals surface area contributed by atoms with Gasteiger partial charge in [-0.25, -0.2) is 0 Å². The number of carbonyl (C=O) groups is 3. The molecule has 1 aromatic heterocycles. The van der Waals surface area contributed by atoms with E-state index in [9.17, 15) is 19.5 Å². The number of halogens is 2. The van der Waals surface area contributed by atoms with Crippen molar-refractivity contribution in [3.8, 4) is 33.8 Å². The minimum atomic E-state index is -0.691. The first-order valence-electron chi connectivity index (χ1n) is 21.6. The summed E-state index contributed by atoms with van der Waals surface area (Å²) in [6.07, 6.45) is 7.74. The maximum atomic E-state index is 12.0. The Kier molecular flexibility index (Phi) is 13.7. The molecule has 326 valence electrons. The number of hydrogen-bond donors (Lipinski definition) is 4. The van der Waals surface area contributed by atoms with E-state index in [0.29, 0.717) is 80.2 Å². The number of amides is 2. The number of nitrogens with one attached hydrogen (secondary N) is 3. The third-order valence-electron chi connectivity index (χ3n) is 12.6. The maximum Gasteiger partial charge on any atom is 0.306 e. The average Bonchev–Trinajstić information content (AvgIpc) is 4.01. The molecule has 4 N–H and O–H groups in total. The first-order valence-corrected chi connectivity index (χ1v) is 22.3. The van der Waals surface area contributed by atoms with Gasteiger partial charge in [0.2, 0.25) is 11.8 Å². The number of carbonyl (C=O) groups excluding carboxylic acids is 2. The zero-order valence-corrected chi connectivity index (χ0v) is 36.7. The minimum absolute atomic E-state index is 0.0397. The molecule has 4 aromatic carbocycles. The Morgan fingerprint density at radius 1 is 0.871 bits per heavy atom. The molecule has 2 saturated heterocycles. The summed E-state index contributed by atoms with van der Waals surface area (Å²) in [5.41, 5.74) is 7.39. The van der Waals surface area contributed by atoms with Gasteiger partial charge in [-0.3, -0.25) is 19.1 Å². The summed E-state index contributed by atoms with van der Waals surface area (Å²) < 4.78 is 14.2. The van der Waals surface area contributed by atoms with E-state index in [4.69, 9.17) is 37.8 Å². The molecule has 3 heterocycles. The normalized spacial score (nSPS) is 20.1. The number of aromatic nitrogens is 2. The molecule has 2 amide bonds. The van der Waals surface area contributed by atoms with Gasteiger partial charge in [-0.1, -0.05) is 65.7 Å². The number of carboxylic acids is 1. The van der Waals surface area contributed by atoms with Crippen molar-refractivity contribution >= 4 is 51.9 Å². The van der Waals surface area contributed by atoms with Gasteiger partial charge in [0.15, 0.2) is 0 Å². The van der Waals surface area contributed by atoms with Crippen LogP contribution in [0.5, 0.6) is 11.5 Å². The summed E-state index contributed by atoms with van der Waals surface area (Å²) in [5, 5.41) is 25.9. The second-order valence-corrected chi connectivity index (χ2v) is 17.9. The van der Waals surface area contributed by atoms with E-state index in [1.807, 2.05) is 59.4 Å². The van der Waals surface area contributed by atoms with Crippen molar-refractivity contribution < 1.29 is 29.0 Å². The minimum Gasteiger partial charge on any atom is -0.496 e. The fourth-order valence-electron chi connectivity index (χ4n) is 9.25. The summed E-state index contributed by atoms with van der Waals surface area (Å²) in [6.45, 7) is 3.51. The number of rotatable bonds is 17. The van der Waals surface area contributed by atoms with Crippen molar-refractivity contribution in [3.05, 3.63) is 99.7 Å². The monoisotopic (exact) mass is 880 g/mol. The van der Waals surface area contributed by atoms with Crippen LogP contribution in [-0.2, 0) is 34.0 Å². The number of methoxy groups -OCH3 is 1. The van der Waals surface area contributed by atoms with Crippen LogP contribution in [0.4, 0.5) is 0 Å². The zero-order chi connectivity index (χ0) is 43.3. The van der Waals surface area contributed by atoms with Crippen molar-refractivity contribution in [3.63, 3.8) is 0 Å². The first kappa shape index (κ1) is 43.5. The molecule has 0 spiro atoms. The molecule has 2 atom stereocenters. The fraction of sp³-hybridized carbons (Fsp3) is 0.417. The van der Waals surface area contributed by atoms with Crippen molar-refractivity contribution in [2.45, 2.75) is 83.1 Å². The predicted octanol–water partition coefficient (Wildman–Crippen LogP) is 8.08. The highest BCUT2D eigenvalue weighted by Gasteiger charge is 2.28. The fourth-order valence-corrected chi connectivity index (χ4v) is 9.84. The molecular weight excluding hydrogens is 827 g/mol. The zero-order valence-electron chi connectivity index (χ0n) is 35.2. The van der Waals surface area contributed by atoms with Gasteiger partial charge < -0.3 is 35.4 Å². The van der Waals surface area contributed by atoms with Gasteiger partial charge in [0.25, 0.3) is 0 Å². The van der Waals surface area contributed by atoms with Gasteiger partial charge in [0, 0.05) is 77.7 Å². The van der Waals surface area contributed by atoms with Crippen LogP contribution in [0.3, 0.4) is 0 Å². The molecule has 3 fully saturated rings. The molecule has 12 nitrogen and oxygen atoms in total. The molecule has 62 heavy (non-hydrogen) atoms. The summed E-state index contributed by atoms with van der Waals surface area (Å²) >= 11 is 14.3. The maximum absolute atomic E-state index is 12.0. The largest absolute Gasteiger partial charge is 0.496 e. The van der Waals surface area contributed by atoms with Gasteiger partial charge in [0.05, 0.1) is 42.4 Å². The smallest absolute Gasteiger partial charge is 0.306 e. The van der Waals surface area contributed by atoms with Gasteiger partial charge in [-0.15, -0.1) is 0 Å². The van der Waals surface area contributed by atoms with Crippen LogP contribution in [0.15, 0.2) is 72.9 Å². The molecule has 0 unspecified atom stereocenters. The number of nitrogens with zero attached hydrogens (tertiary/aromatic N) is 3. The van der Waals surface area contributed by atoms with E-state index >= 15 is 0 Å². The van der Waals surface area contributed by atoms with Gasteiger partial charge in [-0.2, -0.15) is 5.10 Å². The third-order valence-corrected chi connectivity index (χ3v) is 13.4. The molecular formula is C48H54Cl2N6O6. The average molecular weight is 882 g/mol. The lowest BCUT2D eigenvalue weighted by atomic mass is 9.82. The van der Waals surface area contributed by atoms with Crippen LogP contribution in [0.2, 0.25) is 10.0 Å². The molecule has 3 aliphatic rings. The molecule has 1 saturated carbocycles. The van der Waals surface area contributed by atoms with Crippen molar-refractivity contribution in [1.29, 1.82) is 0 Å². The van der Waals surface area contributed by atoms with Gasteiger partial charge in [-0.05, 0) is 92.4 Å². The second kappa shape index (κ2) is 19.5. The van der Waals surface area contributed by atoms with Crippen molar-refractivity contribution in [2.24, 2.45) is 11.8 Å². The molecule has 2 aliphatic heterocycles. The molecule has 0 bridgehead atoms. The standard InChI is InChI=1S/C48H54Cl2N6O6/c1-55(25-29-9-11-30(12-10-29)48(59)60)26-34-19-41(49)33(21-44(34)62-28-36-16-18-46(58)54-36)27-56-42-8-4-6-38(40(42)24-52-56)39-7-3-5-37(47(39)50)31-13-14-32(43(20-31)61-2)22-51-23-35-15-17-45(57)53-35/h3-8,13-14,19-21,24,29-30,35-36,51H,9-12,15-18,22-23,25-28H2,1-2H3,(H,53,57)(H,54,58)(H,59,60)/t29?,30?,35-,36-/m0/s1. The van der Waals surface area contributed by atoms with Gasteiger partial charge >= 0.3 is 5.97 Å². The summed E-state index contributed by atoms with van der Waals surface area (Å²) in [5.74, 6) is 1.12. The molecule has 8 rings (SSSR count). The van der Waals surface area contributed by atoms with E-state index in [-0.39, 0.29) is 29.8 Å². The molecule has 1 aliphatic carbocycles. The number of aliphatic carboxylic acids is 1. The van der Waals surface area contributed by atoms with Crippen molar-refractivity contribution in [1.82, 2.24) is 30.6 Å². The Balaban J connectivity index is 1.01. The number of ether oxygens (including phenoxy) is 2. The molecule has 5 aromatic rings. The second-order valence-electron chi connectivity index (χ2n) is 17.1. The Morgan fingerprint density at radius 3 is 2.32 bits per heavy atom. The van der Waals surface area contributed by atoms with E-state index < -0.39 is 5.97 Å². The number of fused-ring (bicyclic) bond motifs is 1. The Morgan fingerprint density at radius 2 is 1.60 bits per heavy atom. The highest BCUT2D eigenvalue weighted by atomic mass is 35.5. The third kappa shape index (κ3) is 10.0. The Bertz CT molecular complexity index is 2450. The number of carboxylic acid groups (broad SMARTS) is 1. The molecule has 0 radical (unpaired) electrons. The van der Waals surface area contributed by atoms with Gasteiger partial charge in [0.1, 0.15) is 18.1 Å². The van der Waals surface area contributed by atoms with E-state index in [2.05, 4.69) is 46.1 Å². The van der Waals surface area contributed by atoms with Crippen LogP contribution in [0.1, 0.15) is 68.1 Å². The van der Waals surface area contributed by atoms with E-state index in [1.54, 1.807) is 7.11 Å². The van der Waals surface area contributed by atoms with Crippen LogP contribution in [0.25, 0.3) is 33.2 Å². The van der Waals surface area contributed by atoms with Crippen LogP contribution < -0.4 is 25.4 Å². The van der Waals surface area contributed by atoms with E-state index in [1.165, 1.54) is 0 Å². The lowest BCUT2D eigenvalue weighted by Crippen LogP contribution is -2.35. The first-order chi connectivity index (χ1) is 30.0. The predicted molar refractivity (Wildman–Crippen MR) is 242 cm³/mol. The number of hydrogen-bond acceptors (Lipinski definition) is 8. The highest BCUT2D eigenvalue weighted by molar-refractivity contribution is 6.36. The van der Waals surface area contributed by atoms with Crippen molar-refractivity contribution in [2.75, 3.05) is 33.9 Å². The lowest BCUT2D eigenvalue weighted by molar-refractivity contribution is -0.143. The quantitative estimate of drug-likeness (QED) is 0.0728. The topological polar surface area (TPSA) is 147 Å². The summed E-state index contributed by atoms with van der Waals surface area (Å²) in [4.78, 5) is 37.3. The SMILES string of the molecule is COc1cc(-c2cccc(-c3cccc4c3cnn4Cc3cc(OC[C@@H]4CCC(=O)N4)c(CN(C)CC4CCC(C(=O)O)CC4)cc3Cl)c2Cl)ccc1CNC[C@@H]1CCC(=O)N1. The number of benzene rings is 4. The summed E-state index contributed by atoms with van der Waals surface area (Å²) in [7, 11) is 3.75. The molecule has 14 heteroatoms. The highest BCUT2D eigenvalue weighted by Crippen LogP contribution is 2.41. The van der Waals surface area contributed by atoms with Crippen LogP contribution >= 0.6 is 23.2 Å². The summed E-state index contributed by atoms with van der Waals surface area (Å²) in [6, 6.07) is 22.4. The Labute approximate surface area is 372 Å². The van der Waals surface area contributed by atoms with E-state index in [0.717, 1.165) is 87.8 Å².